The number of benzene rings is 1. The topological polar surface area (TPSA) is 134 Å². The molecular formula is C23H27N5O3S. The molecule has 4 N–H and O–H groups in total. The quantitative estimate of drug-likeness (QED) is 0.401. The van der Waals surface area contributed by atoms with Crippen molar-refractivity contribution in [2.75, 3.05) is 12.8 Å². The molecule has 8 nitrogen and oxygen atoms in total. The molecular weight excluding hydrogens is 426 g/mol. The summed E-state index contributed by atoms with van der Waals surface area (Å²) in [5.74, 6) is -0.117. The number of nitrogen functional groups attached to an aromatic ring is 1. The van der Waals surface area contributed by atoms with E-state index in [2.05, 4.69) is 21.4 Å². The fourth-order valence-corrected chi connectivity index (χ4v) is 4.41. The lowest BCUT2D eigenvalue weighted by atomic mass is 9.90. The summed E-state index contributed by atoms with van der Waals surface area (Å²) in [6.45, 7) is 4.00. The van der Waals surface area contributed by atoms with Crippen LogP contribution in [0.5, 0.6) is 5.75 Å². The summed E-state index contributed by atoms with van der Waals surface area (Å²) in [5, 5.41) is 13.5. The number of methoxy groups -OCH3 is 1. The van der Waals surface area contributed by atoms with Crippen molar-refractivity contribution in [3.05, 3.63) is 41.0 Å². The normalized spacial score (nSPS) is 13.0. The molecule has 2 atom stereocenters. The highest BCUT2D eigenvalue weighted by molar-refractivity contribution is 7.15. The second-order valence-electron chi connectivity index (χ2n) is 8.12. The Morgan fingerprint density at radius 2 is 2.16 bits per heavy atom. The lowest BCUT2D eigenvalue weighted by Gasteiger charge is -2.20. The first kappa shape index (κ1) is 23.3. The molecule has 1 aromatic carbocycles. The van der Waals surface area contributed by atoms with Crippen LogP contribution >= 0.6 is 11.3 Å². The summed E-state index contributed by atoms with van der Waals surface area (Å²) >= 11 is 1.29. The number of nitrogens with one attached hydrogen (secondary N) is 2. The van der Waals surface area contributed by atoms with Gasteiger partial charge in [-0.05, 0) is 30.5 Å². The van der Waals surface area contributed by atoms with E-state index in [0.29, 0.717) is 29.4 Å². The lowest BCUT2D eigenvalue weighted by Crippen LogP contribution is -2.40. The van der Waals surface area contributed by atoms with Gasteiger partial charge in [0.2, 0.25) is 5.91 Å². The van der Waals surface area contributed by atoms with E-state index < -0.39 is 12.0 Å². The molecule has 0 unspecified atom stereocenters. The molecule has 32 heavy (non-hydrogen) atoms. The number of nitrogens with zero attached hydrogens (tertiary/aromatic N) is 2. The van der Waals surface area contributed by atoms with Crippen LogP contribution in [0.1, 0.15) is 42.1 Å². The van der Waals surface area contributed by atoms with Gasteiger partial charge in [0.15, 0.2) is 10.9 Å². The zero-order valence-corrected chi connectivity index (χ0v) is 19.2. The number of nitriles is 1. The number of carbonyl (C=O) groups excluding carboxylic acids is 2. The van der Waals surface area contributed by atoms with E-state index in [0.717, 1.165) is 15.8 Å². The number of hydrogen-bond acceptors (Lipinski definition) is 7. The number of fused-ring (bicyclic) bond motifs is 1. The van der Waals surface area contributed by atoms with Crippen molar-refractivity contribution in [1.82, 2.24) is 15.3 Å². The second-order valence-corrected chi connectivity index (χ2v) is 9.26. The number of carbonyl (C=O) groups is 2. The molecule has 9 heteroatoms. The minimum Gasteiger partial charge on any atom is -0.496 e. The number of ether oxygens (including phenoxy) is 1. The zero-order valence-electron chi connectivity index (χ0n) is 18.3. The summed E-state index contributed by atoms with van der Waals surface area (Å²) in [7, 11) is 1.58. The minimum absolute atomic E-state index is 0.0464. The number of ketones is 1. The first-order chi connectivity index (χ1) is 15.3. The van der Waals surface area contributed by atoms with Gasteiger partial charge >= 0.3 is 0 Å². The number of aromatic amines is 1. The van der Waals surface area contributed by atoms with Crippen LogP contribution in [-0.4, -0.2) is 34.8 Å². The Kier molecular flexibility index (Phi) is 7.49. The van der Waals surface area contributed by atoms with Gasteiger partial charge in [-0.15, -0.1) is 11.3 Å². The fraction of sp³-hybridized carbons (Fsp3) is 0.391. The molecule has 0 aliphatic carbocycles. The van der Waals surface area contributed by atoms with Crippen molar-refractivity contribution in [2.24, 2.45) is 11.8 Å². The van der Waals surface area contributed by atoms with E-state index in [4.69, 9.17) is 10.5 Å². The Bertz CT molecular complexity index is 1140. The van der Waals surface area contributed by atoms with Gasteiger partial charge in [0, 0.05) is 40.7 Å². The van der Waals surface area contributed by atoms with Crippen molar-refractivity contribution >= 4 is 39.1 Å². The van der Waals surface area contributed by atoms with Crippen LogP contribution in [0, 0.1) is 23.2 Å². The number of thiazole rings is 1. The van der Waals surface area contributed by atoms with Crippen LogP contribution in [-0.2, 0) is 11.2 Å². The maximum Gasteiger partial charge on any atom is 0.224 e. The molecule has 168 valence electrons. The fourth-order valence-electron chi connectivity index (χ4n) is 3.68. The number of rotatable bonds is 10. The summed E-state index contributed by atoms with van der Waals surface area (Å²) in [6, 6.07) is 8.70. The summed E-state index contributed by atoms with van der Waals surface area (Å²) < 4.78 is 5.36. The first-order valence-electron chi connectivity index (χ1n) is 10.4. The van der Waals surface area contributed by atoms with Crippen molar-refractivity contribution in [3.8, 4) is 11.8 Å². The van der Waals surface area contributed by atoms with Gasteiger partial charge < -0.3 is 20.8 Å². The lowest BCUT2D eigenvalue weighted by molar-refractivity contribution is -0.125. The van der Waals surface area contributed by atoms with E-state index in [1.807, 2.05) is 32.0 Å². The summed E-state index contributed by atoms with van der Waals surface area (Å²) in [6.07, 6.45) is 2.51. The molecule has 0 spiro atoms. The summed E-state index contributed by atoms with van der Waals surface area (Å²) in [4.78, 5) is 33.9. The van der Waals surface area contributed by atoms with E-state index in [-0.39, 0.29) is 24.0 Å². The van der Waals surface area contributed by atoms with Crippen molar-refractivity contribution in [3.63, 3.8) is 0 Å². The largest absolute Gasteiger partial charge is 0.496 e. The van der Waals surface area contributed by atoms with Crippen molar-refractivity contribution in [1.29, 1.82) is 5.26 Å². The van der Waals surface area contributed by atoms with Crippen LogP contribution in [0.15, 0.2) is 30.5 Å². The van der Waals surface area contributed by atoms with Crippen molar-refractivity contribution in [2.45, 2.75) is 39.2 Å². The molecule has 0 bridgehead atoms. The maximum absolute atomic E-state index is 13.0. The number of hydrogen-bond donors (Lipinski definition) is 3. The van der Waals surface area contributed by atoms with E-state index in [9.17, 15) is 14.9 Å². The molecule has 0 saturated carbocycles. The Balaban J connectivity index is 1.73. The number of amides is 1. The average molecular weight is 454 g/mol. The molecule has 2 heterocycles. The highest BCUT2D eigenvalue weighted by atomic mass is 32.1. The van der Waals surface area contributed by atoms with Gasteiger partial charge in [-0.3, -0.25) is 9.59 Å². The molecule has 0 saturated heterocycles. The molecule has 2 aromatic heterocycles. The maximum atomic E-state index is 13.0. The first-order valence-corrected chi connectivity index (χ1v) is 11.2. The monoisotopic (exact) mass is 453 g/mol. The summed E-state index contributed by atoms with van der Waals surface area (Å²) in [5.41, 5.74) is 6.88. The predicted octanol–water partition coefficient (Wildman–Crippen LogP) is 3.70. The number of Topliss-reactive ketones (excluding diaryl/α,β-unsaturated/α-hetero) is 1. The molecule has 1 amide bonds. The molecule has 3 aromatic rings. The SMILES string of the molecule is COc1cccc2[nH]c(C(=O)C[C@@H](CC(C)C)C(=O)N[C@H](C#N)Cc3cnc(N)s3)cc12. The Labute approximate surface area is 190 Å². The molecule has 0 aliphatic heterocycles. The average Bonchev–Trinajstić information content (AvgIpc) is 3.38. The Morgan fingerprint density at radius 3 is 2.78 bits per heavy atom. The van der Waals surface area contributed by atoms with Gasteiger partial charge in [-0.25, -0.2) is 4.98 Å². The van der Waals surface area contributed by atoms with Crippen LogP contribution in [0.25, 0.3) is 10.9 Å². The zero-order chi connectivity index (χ0) is 23.3. The Hall–Kier alpha value is -3.38. The van der Waals surface area contributed by atoms with Gasteiger partial charge in [0.05, 0.1) is 18.9 Å². The van der Waals surface area contributed by atoms with Crippen LogP contribution in [0.4, 0.5) is 5.13 Å². The molecule has 0 aliphatic rings. The van der Waals surface area contributed by atoms with Gasteiger partial charge in [0.25, 0.3) is 0 Å². The van der Waals surface area contributed by atoms with E-state index in [1.54, 1.807) is 19.4 Å². The van der Waals surface area contributed by atoms with Gasteiger partial charge in [0.1, 0.15) is 11.8 Å². The third kappa shape index (κ3) is 5.65. The predicted molar refractivity (Wildman–Crippen MR) is 125 cm³/mol. The number of anilines is 1. The standard InChI is InChI=1S/C23H27N5O3S/c1-13(2)7-14(22(30)27-15(11-24)9-16-12-26-23(25)32-16)8-20(29)19-10-17-18(28-19)5-4-6-21(17)31-3/h4-6,10,12-15,28H,7-9H2,1-3H3,(H2,25,26)(H,27,30)/t14-,15+/m1/s1. The third-order valence-corrected chi connectivity index (χ3v) is 6.00. The van der Waals surface area contributed by atoms with Crippen molar-refractivity contribution < 1.29 is 14.3 Å². The van der Waals surface area contributed by atoms with Crippen LogP contribution < -0.4 is 15.8 Å². The molecule has 3 rings (SSSR count). The number of aromatic nitrogens is 2. The molecule has 0 fully saturated rings. The third-order valence-electron chi connectivity index (χ3n) is 5.15. The van der Waals surface area contributed by atoms with E-state index >= 15 is 0 Å². The second kappa shape index (κ2) is 10.3. The van der Waals surface area contributed by atoms with Gasteiger partial charge in [-0.1, -0.05) is 19.9 Å². The van der Waals surface area contributed by atoms with E-state index in [1.165, 1.54) is 11.3 Å². The Morgan fingerprint density at radius 1 is 1.38 bits per heavy atom. The number of nitrogens with two attached hydrogens (primary N) is 1. The van der Waals surface area contributed by atoms with Gasteiger partial charge in [-0.2, -0.15) is 5.26 Å². The smallest absolute Gasteiger partial charge is 0.224 e. The number of H-pyrrole nitrogens is 1. The highest BCUT2D eigenvalue weighted by Gasteiger charge is 2.26. The highest BCUT2D eigenvalue weighted by Crippen LogP contribution is 2.27. The van der Waals surface area contributed by atoms with Crippen LogP contribution in [0.3, 0.4) is 0 Å². The minimum atomic E-state index is -0.718. The molecule has 0 radical (unpaired) electrons. The van der Waals surface area contributed by atoms with Crippen LogP contribution in [0.2, 0.25) is 0 Å².